The van der Waals surface area contributed by atoms with Crippen molar-refractivity contribution >= 4 is 21.8 Å². The highest BCUT2D eigenvalue weighted by molar-refractivity contribution is 6.03. The number of benzene rings is 1. The summed E-state index contributed by atoms with van der Waals surface area (Å²) in [7, 11) is 0. The van der Waals surface area contributed by atoms with Crippen molar-refractivity contribution < 1.29 is 0 Å². The zero-order valence-corrected chi connectivity index (χ0v) is 12.0. The Morgan fingerprint density at radius 2 is 1.50 bits per heavy atom. The molecule has 1 aliphatic rings. The second kappa shape index (κ2) is 4.34. The van der Waals surface area contributed by atoms with E-state index >= 15 is 0 Å². The first-order chi connectivity index (χ1) is 10.9. The lowest BCUT2D eigenvalue weighted by Gasteiger charge is -2.18. The molecule has 3 heteroatoms. The molecular formula is C19H13N3. The summed E-state index contributed by atoms with van der Waals surface area (Å²) >= 11 is 0. The van der Waals surface area contributed by atoms with E-state index in [1.165, 1.54) is 11.1 Å². The van der Waals surface area contributed by atoms with Gasteiger partial charge in [-0.2, -0.15) is 0 Å². The van der Waals surface area contributed by atoms with Crippen LogP contribution >= 0.6 is 0 Å². The SMILES string of the molecule is c1cnc2c(c1)CCc1cc3ccc4cccnc4c3nc1-2. The molecule has 0 bridgehead atoms. The molecule has 0 saturated carbocycles. The van der Waals surface area contributed by atoms with E-state index in [4.69, 9.17) is 4.98 Å². The topological polar surface area (TPSA) is 38.7 Å². The third-order valence-electron chi connectivity index (χ3n) is 4.42. The zero-order chi connectivity index (χ0) is 14.5. The lowest BCUT2D eigenvalue weighted by molar-refractivity contribution is 0.918. The molecule has 0 aliphatic heterocycles. The van der Waals surface area contributed by atoms with E-state index in [1.807, 2.05) is 24.5 Å². The number of nitrogens with zero attached hydrogens (tertiary/aromatic N) is 3. The van der Waals surface area contributed by atoms with Gasteiger partial charge in [-0.25, -0.2) is 4.98 Å². The van der Waals surface area contributed by atoms with Crippen molar-refractivity contribution in [3.8, 4) is 11.4 Å². The van der Waals surface area contributed by atoms with Crippen LogP contribution < -0.4 is 0 Å². The van der Waals surface area contributed by atoms with E-state index in [9.17, 15) is 0 Å². The molecule has 0 spiro atoms. The Morgan fingerprint density at radius 3 is 2.50 bits per heavy atom. The van der Waals surface area contributed by atoms with Crippen LogP contribution in [0.1, 0.15) is 11.1 Å². The highest BCUT2D eigenvalue weighted by Crippen LogP contribution is 2.33. The van der Waals surface area contributed by atoms with E-state index < -0.39 is 0 Å². The predicted molar refractivity (Wildman–Crippen MR) is 87.7 cm³/mol. The molecule has 3 heterocycles. The Bertz CT molecular complexity index is 1040. The van der Waals surface area contributed by atoms with Gasteiger partial charge in [0.1, 0.15) is 0 Å². The number of hydrogen-bond acceptors (Lipinski definition) is 3. The van der Waals surface area contributed by atoms with Gasteiger partial charge < -0.3 is 0 Å². The first kappa shape index (κ1) is 11.8. The van der Waals surface area contributed by atoms with Crippen LogP contribution in [0.4, 0.5) is 0 Å². The zero-order valence-electron chi connectivity index (χ0n) is 12.0. The molecule has 0 fully saturated rings. The van der Waals surface area contributed by atoms with Crippen molar-refractivity contribution in [2.75, 3.05) is 0 Å². The van der Waals surface area contributed by atoms with E-state index in [2.05, 4.69) is 40.3 Å². The summed E-state index contributed by atoms with van der Waals surface area (Å²) < 4.78 is 0. The van der Waals surface area contributed by atoms with Crippen LogP contribution in [-0.4, -0.2) is 15.0 Å². The third kappa shape index (κ3) is 1.59. The standard InChI is InChI=1S/C19H13N3/c1-3-12-5-7-14-11-15-8-6-13-4-2-10-21-17(13)19(15)22-18(14)16(12)20-9-1/h1-5,7,9-11H,6,8H2. The summed E-state index contributed by atoms with van der Waals surface area (Å²) in [5, 5.41) is 2.28. The average Bonchev–Trinajstić information content (AvgIpc) is 2.60. The summed E-state index contributed by atoms with van der Waals surface area (Å²) in [6.07, 6.45) is 5.74. The molecule has 1 aromatic carbocycles. The Balaban J connectivity index is 1.91. The normalized spacial score (nSPS) is 13.1. The third-order valence-corrected chi connectivity index (χ3v) is 4.42. The van der Waals surface area contributed by atoms with Crippen molar-refractivity contribution in [1.29, 1.82) is 0 Å². The second-order valence-corrected chi connectivity index (χ2v) is 5.72. The Labute approximate surface area is 127 Å². The fourth-order valence-electron chi connectivity index (χ4n) is 3.34. The van der Waals surface area contributed by atoms with E-state index in [0.29, 0.717) is 0 Å². The summed E-state index contributed by atoms with van der Waals surface area (Å²) in [6.45, 7) is 0. The summed E-state index contributed by atoms with van der Waals surface area (Å²) in [6, 6.07) is 14.7. The van der Waals surface area contributed by atoms with Crippen molar-refractivity contribution in [3.05, 3.63) is 66.0 Å². The van der Waals surface area contributed by atoms with Crippen LogP contribution in [0.25, 0.3) is 33.2 Å². The van der Waals surface area contributed by atoms with Crippen molar-refractivity contribution in [3.63, 3.8) is 0 Å². The molecule has 0 amide bonds. The van der Waals surface area contributed by atoms with Gasteiger partial charge in [-0.15, -0.1) is 0 Å². The minimum Gasteiger partial charge on any atom is -0.254 e. The van der Waals surface area contributed by atoms with Gasteiger partial charge in [0.05, 0.1) is 22.4 Å². The van der Waals surface area contributed by atoms with Gasteiger partial charge in [0, 0.05) is 23.2 Å². The molecule has 104 valence electrons. The van der Waals surface area contributed by atoms with Crippen LogP contribution in [0, 0.1) is 0 Å². The summed E-state index contributed by atoms with van der Waals surface area (Å²) in [5.41, 5.74) is 6.55. The number of hydrogen-bond donors (Lipinski definition) is 0. The average molecular weight is 283 g/mol. The number of rotatable bonds is 0. The van der Waals surface area contributed by atoms with Gasteiger partial charge in [-0.1, -0.05) is 24.3 Å². The Kier molecular flexibility index (Phi) is 2.33. The first-order valence-corrected chi connectivity index (χ1v) is 7.52. The minimum absolute atomic E-state index is 0.964. The van der Waals surface area contributed by atoms with Crippen molar-refractivity contribution in [2.45, 2.75) is 12.8 Å². The van der Waals surface area contributed by atoms with Crippen LogP contribution in [0.15, 0.2) is 54.9 Å². The summed E-state index contributed by atoms with van der Waals surface area (Å²) in [4.78, 5) is 14.1. The number of fused-ring (bicyclic) bond motifs is 6. The van der Waals surface area contributed by atoms with Crippen LogP contribution in [-0.2, 0) is 12.8 Å². The molecule has 0 radical (unpaired) electrons. The number of aryl methyl sites for hydroxylation is 2. The molecule has 5 rings (SSSR count). The minimum atomic E-state index is 0.964. The number of aromatic nitrogens is 3. The fraction of sp³-hybridized carbons (Fsp3) is 0.105. The molecule has 0 unspecified atom stereocenters. The van der Waals surface area contributed by atoms with E-state index in [-0.39, 0.29) is 0 Å². The largest absolute Gasteiger partial charge is 0.254 e. The van der Waals surface area contributed by atoms with Crippen LogP contribution in [0.3, 0.4) is 0 Å². The number of pyridine rings is 3. The lowest BCUT2D eigenvalue weighted by atomic mass is 9.91. The molecule has 1 aliphatic carbocycles. The predicted octanol–water partition coefficient (Wildman–Crippen LogP) is 3.94. The Morgan fingerprint density at radius 1 is 0.682 bits per heavy atom. The second-order valence-electron chi connectivity index (χ2n) is 5.72. The lowest BCUT2D eigenvalue weighted by Crippen LogP contribution is -2.07. The highest BCUT2D eigenvalue weighted by Gasteiger charge is 2.19. The maximum Gasteiger partial charge on any atom is 0.0972 e. The monoisotopic (exact) mass is 283 g/mol. The molecule has 0 N–H and O–H groups in total. The molecular weight excluding hydrogens is 270 g/mol. The maximum absolute atomic E-state index is 4.96. The van der Waals surface area contributed by atoms with Gasteiger partial charge in [-0.3, -0.25) is 9.97 Å². The molecule has 4 aromatic rings. The fourth-order valence-corrected chi connectivity index (χ4v) is 3.34. The molecule has 3 aromatic heterocycles. The Hall–Kier alpha value is -2.81. The van der Waals surface area contributed by atoms with Crippen LogP contribution in [0.5, 0.6) is 0 Å². The smallest absolute Gasteiger partial charge is 0.0972 e. The molecule has 22 heavy (non-hydrogen) atoms. The van der Waals surface area contributed by atoms with E-state index in [1.54, 1.807) is 0 Å². The highest BCUT2D eigenvalue weighted by atomic mass is 14.8. The molecule has 0 saturated heterocycles. The van der Waals surface area contributed by atoms with Gasteiger partial charge >= 0.3 is 0 Å². The quantitative estimate of drug-likeness (QED) is 0.459. The molecule has 0 atom stereocenters. The van der Waals surface area contributed by atoms with E-state index in [0.717, 1.165) is 46.0 Å². The van der Waals surface area contributed by atoms with Gasteiger partial charge in [0.25, 0.3) is 0 Å². The summed E-state index contributed by atoms with van der Waals surface area (Å²) in [5.74, 6) is 0. The maximum atomic E-state index is 4.96. The van der Waals surface area contributed by atoms with Gasteiger partial charge in [0.2, 0.25) is 0 Å². The van der Waals surface area contributed by atoms with Gasteiger partial charge in [0.15, 0.2) is 0 Å². The van der Waals surface area contributed by atoms with Crippen LogP contribution in [0.2, 0.25) is 0 Å². The van der Waals surface area contributed by atoms with Gasteiger partial charge in [-0.05, 0) is 42.2 Å². The van der Waals surface area contributed by atoms with Crippen molar-refractivity contribution in [2.24, 2.45) is 0 Å². The first-order valence-electron chi connectivity index (χ1n) is 7.52. The van der Waals surface area contributed by atoms with Crippen molar-refractivity contribution in [1.82, 2.24) is 15.0 Å². The molecule has 3 nitrogen and oxygen atoms in total.